The van der Waals surface area contributed by atoms with Crippen molar-refractivity contribution in [1.29, 1.82) is 0 Å². The lowest BCUT2D eigenvalue weighted by molar-refractivity contribution is -0.384. The Morgan fingerprint density at radius 2 is 2.08 bits per heavy atom. The first-order chi connectivity index (χ1) is 11.9. The number of aromatic nitrogens is 2. The van der Waals surface area contributed by atoms with Crippen LogP contribution < -0.4 is 5.32 Å². The summed E-state index contributed by atoms with van der Waals surface area (Å²) in [5, 5.41) is 16.7. The second-order valence-electron chi connectivity index (χ2n) is 4.74. The number of hydrogen-bond acceptors (Lipinski definition) is 9. The zero-order valence-corrected chi connectivity index (χ0v) is 13.9. The summed E-state index contributed by atoms with van der Waals surface area (Å²) in [7, 11) is 0. The Bertz CT molecular complexity index is 761. The van der Waals surface area contributed by atoms with E-state index >= 15 is 0 Å². The maximum absolute atomic E-state index is 11.7. The van der Waals surface area contributed by atoms with Gasteiger partial charge in [-0.2, -0.15) is 4.98 Å². The number of nitro benzene ring substituents is 1. The summed E-state index contributed by atoms with van der Waals surface area (Å²) in [6.07, 6.45) is 0. The van der Waals surface area contributed by atoms with Gasteiger partial charge in [0.2, 0.25) is 5.89 Å². The predicted molar refractivity (Wildman–Crippen MR) is 87.9 cm³/mol. The summed E-state index contributed by atoms with van der Waals surface area (Å²) in [6.45, 7) is 1.22. The number of non-ortho nitro benzene ring substituents is 1. The molecule has 0 aliphatic rings. The van der Waals surface area contributed by atoms with E-state index in [4.69, 9.17) is 9.26 Å². The summed E-state index contributed by atoms with van der Waals surface area (Å²) in [5.74, 6) is 0.261. The molecule has 0 saturated carbocycles. The highest BCUT2D eigenvalue weighted by Crippen LogP contribution is 2.15. The maximum atomic E-state index is 11.7. The summed E-state index contributed by atoms with van der Waals surface area (Å²) >= 11 is 1.23. The lowest BCUT2D eigenvalue weighted by Crippen LogP contribution is -2.21. The van der Waals surface area contributed by atoms with E-state index in [1.807, 2.05) is 0 Å². The van der Waals surface area contributed by atoms with Crippen LogP contribution in [-0.4, -0.2) is 39.3 Å². The van der Waals surface area contributed by atoms with Crippen LogP contribution in [0.15, 0.2) is 28.8 Å². The Balaban J connectivity index is 1.66. The van der Waals surface area contributed by atoms with Gasteiger partial charge < -0.3 is 14.6 Å². The zero-order valence-electron chi connectivity index (χ0n) is 13.1. The van der Waals surface area contributed by atoms with Crippen molar-refractivity contribution in [3.05, 3.63) is 46.1 Å². The van der Waals surface area contributed by atoms with Crippen molar-refractivity contribution in [3.8, 4) is 0 Å². The van der Waals surface area contributed by atoms with Crippen LogP contribution >= 0.6 is 11.8 Å². The van der Waals surface area contributed by atoms with E-state index in [-0.39, 0.29) is 11.4 Å². The van der Waals surface area contributed by atoms with Crippen molar-refractivity contribution >= 4 is 35.0 Å². The van der Waals surface area contributed by atoms with Crippen molar-refractivity contribution in [1.82, 2.24) is 10.1 Å². The molecule has 10 nitrogen and oxygen atoms in total. The molecule has 1 aromatic carbocycles. The van der Waals surface area contributed by atoms with E-state index in [0.29, 0.717) is 23.2 Å². The van der Waals surface area contributed by atoms with E-state index in [0.717, 1.165) is 0 Å². The molecule has 0 unspecified atom stereocenters. The van der Waals surface area contributed by atoms with Gasteiger partial charge in [-0.15, -0.1) is 11.8 Å². The molecule has 0 saturated heterocycles. The van der Waals surface area contributed by atoms with E-state index in [1.165, 1.54) is 36.0 Å². The number of rotatable bonds is 8. The van der Waals surface area contributed by atoms with Crippen LogP contribution in [0.25, 0.3) is 0 Å². The molecule has 132 valence electrons. The third-order valence-corrected chi connectivity index (χ3v) is 3.65. The molecule has 0 aliphatic carbocycles. The molecule has 1 heterocycles. The number of anilines is 1. The van der Waals surface area contributed by atoms with Gasteiger partial charge in [-0.1, -0.05) is 5.16 Å². The Morgan fingerprint density at radius 3 is 2.68 bits per heavy atom. The minimum Gasteiger partial charge on any atom is -0.455 e. The van der Waals surface area contributed by atoms with Gasteiger partial charge in [0.05, 0.1) is 16.4 Å². The Morgan fingerprint density at radius 1 is 1.36 bits per heavy atom. The number of ether oxygens (including phenoxy) is 1. The SMILES string of the molecule is Cc1nc(CSCC(=O)OCC(=O)Nc2ccc([N+](=O)[O-])cc2)no1. The molecule has 1 N–H and O–H groups in total. The van der Waals surface area contributed by atoms with Crippen molar-refractivity contribution < 1.29 is 23.8 Å². The molecule has 0 atom stereocenters. The first-order valence-corrected chi connectivity index (χ1v) is 8.16. The molecular weight excluding hydrogens is 352 g/mol. The van der Waals surface area contributed by atoms with Gasteiger partial charge in [-0.05, 0) is 12.1 Å². The van der Waals surface area contributed by atoms with Crippen molar-refractivity contribution in [2.45, 2.75) is 12.7 Å². The van der Waals surface area contributed by atoms with Gasteiger partial charge in [0.25, 0.3) is 11.6 Å². The van der Waals surface area contributed by atoms with Crippen LogP contribution in [0.5, 0.6) is 0 Å². The fourth-order valence-corrected chi connectivity index (χ4v) is 2.33. The third-order valence-electron chi connectivity index (χ3n) is 2.75. The largest absolute Gasteiger partial charge is 0.455 e. The number of hydrogen-bond donors (Lipinski definition) is 1. The van der Waals surface area contributed by atoms with Gasteiger partial charge in [0, 0.05) is 24.7 Å². The van der Waals surface area contributed by atoms with Crippen LogP contribution in [0.1, 0.15) is 11.7 Å². The highest BCUT2D eigenvalue weighted by Gasteiger charge is 2.10. The fourth-order valence-electron chi connectivity index (χ4n) is 1.68. The highest BCUT2D eigenvalue weighted by molar-refractivity contribution is 7.99. The number of carbonyl (C=O) groups is 2. The standard InChI is InChI=1S/C14H14N4O6S/c1-9-15-12(17-24-9)7-25-8-14(20)23-6-13(19)16-10-2-4-11(5-3-10)18(21)22/h2-5H,6-8H2,1H3,(H,16,19). The minimum absolute atomic E-state index is 0.0401. The monoisotopic (exact) mass is 366 g/mol. The smallest absolute Gasteiger partial charge is 0.316 e. The zero-order chi connectivity index (χ0) is 18.2. The fraction of sp³-hybridized carbons (Fsp3) is 0.286. The van der Waals surface area contributed by atoms with Gasteiger partial charge in [-0.3, -0.25) is 19.7 Å². The quantitative estimate of drug-likeness (QED) is 0.420. The van der Waals surface area contributed by atoms with Gasteiger partial charge in [0.1, 0.15) is 0 Å². The third kappa shape index (κ3) is 6.22. The summed E-state index contributed by atoms with van der Waals surface area (Å²) < 4.78 is 9.63. The second kappa shape index (κ2) is 8.78. The topological polar surface area (TPSA) is 137 Å². The lowest BCUT2D eigenvalue weighted by atomic mass is 10.3. The average Bonchev–Trinajstić information content (AvgIpc) is 2.99. The van der Waals surface area contributed by atoms with Crippen molar-refractivity contribution in [2.75, 3.05) is 17.7 Å². The number of thioether (sulfide) groups is 1. The molecule has 0 radical (unpaired) electrons. The van der Waals surface area contributed by atoms with Crippen LogP contribution in [0.2, 0.25) is 0 Å². The summed E-state index contributed by atoms with van der Waals surface area (Å²) in [4.78, 5) is 37.2. The molecule has 2 rings (SSSR count). The summed E-state index contributed by atoms with van der Waals surface area (Å²) in [5.41, 5.74) is 0.284. The highest BCUT2D eigenvalue weighted by atomic mass is 32.2. The van der Waals surface area contributed by atoms with Crippen LogP contribution in [0, 0.1) is 17.0 Å². The number of esters is 1. The number of benzene rings is 1. The van der Waals surface area contributed by atoms with Crippen LogP contribution in [-0.2, 0) is 20.1 Å². The van der Waals surface area contributed by atoms with Crippen molar-refractivity contribution in [2.24, 2.45) is 0 Å². The van der Waals surface area contributed by atoms with Crippen molar-refractivity contribution in [3.63, 3.8) is 0 Å². The first kappa shape index (κ1) is 18.4. The Labute approximate surface area is 146 Å². The molecule has 0 spiro atoms. The van der Waals surface area contributed by atoms with E-state index < -0.39 is 23.4 Å². The molecular formula is C14H14N4O6S. The molecule has 0 bridgehead atoms. The van der Waals surface area contributed by atoms with Gasteiger partial charge in [-0.25, -0.2) is 0 Å². The normalized spacial score (nSPS) is 10.3. The average molecular weight is 366 g/mol. The first-order valence-electron chi connectivity index (χ1n) is 7.01. The second-order valence-corrected chi connectivity index (χ2v) is 5.72. The lowest BCUT2D eigenvalue weighted by Gasteiger charge is -2.06. The number of nitro groups is 1. The van der Waals surface area contributed by atoms with Crippen LogP contribution in [0.3, 0.4) is 0 Å². The summed E-state index contributed by atoms with van der Waals surface area (Å²) in [6, 6.07) is 5.30. The molecule has 0 aliphatic heterocycles. The molecule has 1 aromatic heterocycles. The van der Waals surface area contributed by atoms with E-state index in [1.54, 1.807) is 6.92 Å². The molecule has 1 amide bonds. The van der Waals surface area contributed by atoms with Gasteiger partial charge >= 0.3 is 5.97 Å². The molecule has 2 aromatic rings. The number of carbonyl (C=O) groups excluding carboxylic acids is 2. The number of nitrogens with zero attached hydrogens (tertiary/aromatic N) is 3. The van der Waals surface area contributed by atoms with Gasteiger partial charge in [0.15, 0.2) is 12.4 Å². The van der Waals surface area contributed by atoms with E-state index in [9.17, 15) is 19.7 Å². The Kier molecular flexibility index (Phi) is 6.46. The molecule has 0 fully saturated rings. The predicted octanol–water partition coefficient (Wildman–Crippen LogP) is 1.70. The Hall–Kier alpha value is -2.95. The minimum atomic E-state index is -0.552. The maximum Gasteiger partial charge on any atom is 0.316 e. The van der Waals surface area contributed by atoms with Crippen LogP contribution in [0.4, 0.5) is 11.4 Å². The number of amides is 1. The number of aryl methyl sites for hydroxylation is 1. The molecule has 25 heavy (non-hydrogen) atoms. The van der Waals surface area contributed by atoms with E-state index in [2.05, 4.69) is 15.5 Å². The molecule has 11 heteroatoms. The number of nitrogens with one attached hydrogen (secondary N) is 1.